The number of piperidine rings is 1. The van der Waals surface area contributed by atoms with Crippen LogP contribution in [0.5, 0.6) is 0 Å². The fourth-order valence-corrected chi connectivity index (χ4v) is 4.90. The summed E-state index contributed by atoms with van der Waals surface area (Å²) in [7, 11) is 0. The van der Waals surface area contributed by atoms with Crippen LogP contribution in [0.4, 0.5) is 5.69 Å². The number of halogens is 1. The Hall–Kier alpha value is -3.97. The second-order valence-electron chi connectivity index (χ2n) is 9.01. The first-order valence-corrected chi connectivity index (χ1v) is 12.3. The molecule has 3 aromatic carbocycles. The fourth-order valence-electron chi connectivity index (χ4n) is 4.69. The smallest absolute Gasteiger partial charge is 0.272 e. The maximum absolute atomic E-state index is 13.7. The molecule has 1 aliphatic heterocycles. The molecule has 182 valence electrons. The number of hydrogen-bond donors (Lipinski definition) is 0. The van der Waals surface area contributed by atoms with Gasteiger partial charge in [-0.3, -0.25) is 14.9 Å². The molecule has 0 atom stereocenters. The number of nitro groups is 1. The molecule has 8 heteroatoms. The standard InChI is InChI=1S/C28H25ClN4O3/c29-24-8-4-5-9-26(24)32-27(19-25(30-32)22-10-12-23(13-11-22)33(35)36)28(34)31-16-14-21(15-17-31)18-20-6-2-1-3-7-20/h1-13,19,21H,14-18H2. The number of nitrogens with zero attached hydrogens (tertiary/aromatic N) is 4. The molecule has 0 saturated carbocycles. The maximum atomic E-state index is 13.7. The van der Waals surface area contributed by atoms with Crippen LogP contribution in [-0.4, -0.2) is 38.6 Å². The summed E-state index contributed by atoms with van der Waals surface area (Å²) in [5.41, 5.74) is 3.58. The van der Waals surface area contributed by atoms with E-state index in [2.05, 4.69) is 29.4 Å². The van der Waals surface area contributed by atoms with Crippen molar-refractivity contribution in [1.82, 2.24) is 14.7 Å². The first kappa shape index (κ1) is 23.8. The number of carbonyl (C=O) groups excluding carboxylic acids is 1. The van der Waals surface area contributed by atoms with Gasteiger partial charge in [0.15, 0.2) is 0 Å². The van der Waals surface area contributed by atoms with Crippen LogP contribution in [0.3, 0.4) is 0 Å². The largest absolute Gasteiger partial charge is 0.337 e. The average molecular weight is 501 g/mol. The second-order valence-corrected chi connectivity index (χ2v) is 9.41. The van der Waals surface area contributed by atoms with E-state index in [0.29, 0.717) is 46.7 Å². The molecular weight excluding hydrogens is 476 g/mol. The summed E-state index contributed by atoms with van der Waals surface area (Å²) in [5.74, 6) is 0.439. The van der Waals surface area contributed by atoms with Crippen molar-refractivity contribution in [1.29, 1.82) is 0 Å². The number of benzene rings is 3. The molecule has 4 aromatic rings. The van der Waals surface area contributed by atoms with Crippen molar-refractivity contribution in [2.75, 3.05) is 13.1 Å². The highest BCUT2D eigenvalue weighted by atomic mass is 35.5. The Kier molecular flexibility index (Phi) is 6.82. The van der Waals surface area contributed by atoms with Gasteiger partial charge in [-0.15, -0.1) is 0 Å². The van der Waals surface area contributed by atoms with Gasteiger partial charge in [0.25, 0.3) is 11.6 Å². The van der Waals surface area contributed by atoms with Crippen LogP contribution >= 0.6 is 11.6 Å². The molecule has 1 aromatic heterocycles. The topological polar surface area (TPSA) is 81.3 Å². The van der Waals surface area contributed by atoms with Crippen molar-refractivity contribution in [3.8, 4) is 16.9 Å². The Labute approximate surface area is 214 Å². The summed E-state index contributed by atoms with van der Waals surface area (Å²) in [5, 5.41) is 16.2. The van der Waals surface area contributed by atoms with E-state index in [1.807, 2.05) is 29.2 Å². The molecule has 7 nitrogen and oxygen atoms in total. The molecule has 36 heavy (non-hydrogen) atoms. The molecule has 0 radical (unpaired) electrons. The number of likely N-dealkylation sites (tertiary alicyclic amines) is 1. The van der Waals surface area contributed by atoms with Crippen molar-refractivity contribution in [3.05, 3.63) is 111 Å². The highest BCUT2D eigenvalue weighted by Gasteiger charge is 2.28. The van der Waals surface area contributed by atoms with Gasteiger partial charge in [-0.25, -0.2) is 4.68 Å². The zero-order valence-electron chi connectivity index (χ0n) is 19.6. The summed E-state index contributed by atoms with van der Waals surface area (Å²) in [6.45, 7) is 1.35. The van der Waals surface area contributed by atoms with Crippen LogP contribution in [0.15, 0.2) is 84.9 Å². The van der Waals surface area contributed by atoms with Gasteiger partial charge in [0, 0.05) is 30.8 Å². The third kappa shape index (κ3) is 5.02. The molecule has 1 aliphatic rings. The van der Waals surface area contributed by atoms with Gasteiger partial charge in [0.05, 0.1) is 21.3 Å². The molecule has 0 N–H and O–H groups in total. The minimum Gasteiger partial charge on any atom is -0.337 e. The molecule has 1 saturated heterocycles. The van der Waals surface area contributed by atoms with E-state index in [0.717, 1.165) is 19.3 Å². The number of hydrogen-bond acceptors (Lipinski definition) is 4. The number of amides is 1. The van der Waals surface area contributed by atoms with Gasteiger partial charge < -0.3 is 4.90 Å². The van der Waals surface area contributed by atoms with E-state index in [-0.39, 0.29) is 11.6 Å². The van der Waals surface area contributed by atoms with Gasteiger partial charge in [0.2, 0.25) is 0 Å². The molecular formula is C28H25ClN4O3. The number of carbonyl (C=O) groups is 1. The summed E-state index contributed by atoms with van der Waals surface area (Å²) in [6.07, 6.45) is 2.90. The van der Waals surface area contributed by atoms with Gasteiger partial charge in [-0.1, -0.05) is 54.1 Å². The highest BCUT2D eigenvalue weighted by molar-refractivity contribution is 6.32. The maximum Gasteiger partial charge on any atom is 0.272 e. The lowest BCUT2D eigenvalue weighted by molar-refractivity contribution is -0.384. The molecule has 5 rings (SSSR count). The number of rotatable bonds is 6. The van der Waals surface area contributed by atoms with Gasteiger partial charge in [0.1, 0.15) is 5.69 Å². The van der Waals surface area contributed by atoms with Crippen molar-refractivity contribution in [2.24, 2.45) is 5.92 Å². The minimum atomic E-state index is -0.442. The second kappa shape index (κ2) is 10.3. The molecule has 1 amide bonds. The van der Waals surface area contributed by atoms with Crippen molar-refractivity contribution in [2.45, 2.75) is 19.3 Å². The van der Waals surface area contributed by atoms with E-state index in [4.69, 9.17) is 11.6 Å². The normalized spacial score (nSPS) is 14.1. The van der Waals surface area contributed by atoms with Crippen molar-refractivity contribution >= 4 is 23.2 Å². The third-order valence-corrected chi connectivity index (χ3v) is 6.97. The van der Waals surface area contributed by atoms with E-state index in [1.165, 1.54) is 17.7 Å². The molecule has 1 fully saturated rings. The minimum absolute atomic E-state index is 0.000963. The van der Waals surface area contributed by atoms with Crippen LogP contribution in [0.2, 0.25) is 5.02 Å². The predicted octanol–water partition coefficient (Wildman–Crippen LogP) is 6.20. The SMILES string of the molecule is O=C(c1cc(-c2ccc([N+](=O)[O-])cc2)nn1-c1ccccc1Cl)N1CCC(Cc2ccccc2)CC1. The first-order valence-electron chi connectivity index (χ1n) is 11.9. The quantitative estimate of drug-likeness (QED) is 0.233. The van der Waals surface area contributed by atoms with Gasteiger partial charge in [-0.05, 0) is 61.1 Å². The lowest BCUT2D eigenvalue weighted by Crippen LogP contribution is -2.39. The lowest BCUT2D eigenvalue weighted by atomic mass is 9.90. The summed E-state index contributed by atoms with van der Waals surface area (Å²) in [6, 6.07) is 25.6. The van der Waals surface area contributed by atoms with Crippen LogP contribution in [0, 0.1) is 16.0 Å². The number of aromatic nitrogens is 2. The fraction of sp³-hybridized carbons (Fsp3) is 0.214. The van der Waals surface area contributed by atoms with E-state index < -0.39 is 4.92 Å². The number of non-ortho nitro benzene ring substituents is 1. The Morgan fingerprint density at radius 3 is 2.31 bits per heavy atom. The molecule has 0 unspecified atom stereocenters. The van der Waals surface area contributed by atoms with Gasteiger partial charge in [-0.2, -0.15) is 5.10 Å². The number of para-hydroxylation sites is 1. The van der Waals surface area contributed by atoms with Crippen LogP contribution < -0.4 is 0 Å². The lowest BCUT2D eigenvalue weighted by Gasteiger charge is -2.32. The Bertz CT molecular complexity index is 1380. The summed E-state index contributed by atoms with van der Waals surface area (Å²) >= 11 is 6.47. The molecule has 0 spiro atoms. The van der Waals surface area contributed by atoms with Crippen LogP contribution in [-0.2, 0) is 6.42 Å². The Morgan fingerprint density at radius 1 is 0.972 bits per heavy atom. The van der Waals surface area contributed by atoms with Crippen LogP contribution in [0.25, 0.3) is 16.9 Å². The van der Waals surface area contributed by atoms with Crippen LogP contribution in [0.1, 0.15) is 28.9 Å². The van der Waals surface area contributed by atoms with Gasteiger partial charge >= 0.3 is 0 Å². The highest BCUT2D eigenvalue weighted by Crippen LogP contribution is 2.29. The Balaban J connectivity index is 1.41. The van der Waals surface area contributed by atoms with Crippen molar-refractivity contribution in [3.63, 3.8) is 0 Å². The van der Waals surface area contributed by atoms with E-state index in [1.54, 1.807) is 28.9 Å². The van der Waals surface area contributed by atoms with Crippen molar-refractivity contribution < 1.29 is 9.72 Å². The predicted molar refractivity (Wildman–Crippen MR) is 139 cm³/mol. The van der Waals surface area contributed by atoms with E-state index >= 15 is 0 Å². The third-order valence-electron chi connectivity index (χ3n) is 6.65. The first-order chi connectivity index (χ1) is 17.5. The Morgan fingerprint density at radius 2 is 1.64 bits per heavy atom. The molecule has 0 bridgehead atoms. The molecule has 2 heterocycles. The zero-order chi connectivity index (χ0) is 25.1. The zero-order valence-corrected chi connectivity index (χ0v) is 20.3. The molecule has 0 aliphatic carbocycles. The average Bonchev–Trinajstić information content (AvgIpc) is 3.35. The number of nitro benzene ring substituents is 1. The summed E-state index contributed by atoms with van der Waals surface area (Å²) < 4.78 is 1.58. The van der Waals surface area contributed by atoms with E-state index in [9.17, 15) is 14.9 Å². The summed E-state index contributed by atoms with van der Waals surface area (Å²) in [4.78, 5) is 26.2. The monoisotopic (exact) mass is 500 g/mol.